The fourth-order valence-corrected chi connectivity index (χ4v) is 1.28. The maximum Gasteiger partial charge on any atom is 0.162 e. The van der Waals surface area contributed by atoms with E-state index in [0.717, 1.165) is 0 Å². The predicted octanol–water partition coefficient (Wildman–Crippen LogP) is 1.76. The molecule has 0 heterocycles. The highest BCUT2D eigenvalue weighted by Gasteiger charge is 2.13. The van der Waals surface area contributed by atoms with Crippen LogP contribution in [0.2, 0.25) is 0 Å². The first kappa shape index (κ1) is 10.8. The normalized spacial score (nSPS) is 12.5. The fourth-order valence-electron chi connectivity index (χ4n) is 1.28. The van der Waals surface area contributed by atoms with Gasteiger partial charge in [-0.2, -0.15) is 0 Å². The van der Waals surface area contributed by atoms with Crippen molar-refractivity contribution < 1.29 is 14.2 Å². The third-order valence-corrected chi connectivity index (χ3v) is 2.07. The van der Waals surface area contributed by atoms with E-state index >= 15 is 0 Å². The Morgan fingerprint density at radius 1 is 1.57 bits per heavy atom. The Balaban J connectivity index is 2.96. The molecule has 0 bridgehead atoms. The largest absolute Gasteiger partial charge is 0.504 e. The molecule has 0 aliphatic carbocycles. The number of para-hydroxylation sites is 1. The zero-order valence-corrected chi connectivity index (χ0v) is 8.03. The first-order chi connectivity index (χ1) is 6.70. The van der Waals surface area contributed by atoms with Crippen LogP contribution < -0.4 is 10.5 Å². The predicted molar refractivity (Wildman–Crippen MR) is 52.2 cm³/mol. The molecule has 1 aromatic carbocycles. The Morgan fingerprint density at radius 2 is 2.29 bits per heavy atom. The quantitative estimate of drug-likeness (QED) is 0.776. The molecule has 14 heavy (non-hydrogen) atoms. The van der Waals surface area contributed by atoms with Crippen molar-refractivity contribution in [3.63, 3.8) is 0 Å². The van der Waals surface area contributed by atoms with Crippen molar-refractivity contribution >= 4 is 0 Å². The van der Waals surface area contributed by atoms with Crippen LogP contribution in [0.15, 0.2) is 18.2 Å². The molecule has 1 rings (SSSR count). The van der Waals surface area contributed by atoms with E-state index in [4.69, 9.17) is 10.5 Å². The third-order valence-electron chi connectivity index (χ3n) is 2.07. The molecule has 0 fully saturated rings. The Bertz CT molecular complexity index is 304. The van der Waals surface area contributed by atoms with Gasteiger partial charge in [0.25, 0.3) is 0 Å². The van der Waals surface area contributed by atoms with Crippen molar-refractivity contribution in [3.05, 3.63) is 23.8 Å². The van der Waals surface area contributed by atoms with E-state index in [1.807, 2.05) is 0 Å². The van der Waals surface area contributed by atoms with Gasteiger partial charge in [0, 0.05) is 11.6 Å². The molecular weight excluding hydrogens is 185 g/mol. The molecule has 1 atom stereocenters. The molecule has 0 amide bonds. The standard InChI is InChI=1S/C10H14FNO2/c1-14-9-4-2-3-7(10(9)13)8(12)5-6-11/h2-4,8,13H,5-6,12H2,1H3/t8-/m1/s1. The highest BCUT2D eigenvalue weighted by Crippen LogP contribution is 2.33. The first-order valence-electron chi connectivity index (χ1n) is 4.38. The molecule has 0 unspecified atom stereocenters. The number of halogens is 1. The van der Waals surface area contributed by atoms with Crippen molar-refractivity contribution in [1.29, 1.82) is 0 Å². The maximum atomic E-state index is 12.1. The summed E-state index contributed by atoms with van der Waals surface area (Å²) in [6, 6.07) is 4.51. The van der Waals surface area contributed by atoms with Gasteiger partial charge in [-0.1, -0.05) is 12.1 Å². The number of methoxy groups -OCH3 is 1. The third kappa shape index (κ3) is 2.14. The van der Waals surface area contributed by atoms with Gasteiger partial charge in [0.05, 0.1) is 13.8 Å². The van der Waals surface area contributed by atoms with Crippen LogP contribution in [0.5, 0.6) is 11.5 Å². The summed E-state index contributed by atoms with van der Waals surface area (Å²) in [5.74, 6) is 0.354. The number of hydrogen-bond acceptors (Lipinski definition) is 3. The lowest BCUT2D eigenvalue weighted by Gasteiger charge is -2.13. The minimum Gasteiger partial charge on any atom is -0.504 e. The SMILES string of the molecule is COc1cccc([C@H](N)CCF)c1O. The number of alkyl halides is 1. The average molecular weight is 199 g/mol. The molecule has 0 saturated carbocycles. The van der Waals surface area contributed by atoms with Crippen LogP contribution in [0, 0.1) is 0 Å². The molecule has 0 aromatic heterocycles. The van der Waals surface area contributed by atoms with E-state index in [9.17, 15) is 9.50 Å². The Morgan fingerprint density at radius 3 is 2.86 bits per heavy atom. The summed E-state index contributed by atoms with van der Waals surface area (Å²) in [5.41, 5.74) is 6.19. The van der Waals surface area contributed by atoms with E-state index in [2.05, 4.69) is 0 Å². The summed E-state index contributed by atoms with van der Waals surface area (Å²) in [6.45, 7) is -0.502. The molecule has 0 radical (unpaired) electrons. The van der Waals surface area contributed by atoms with Gasteiger partial charge in [-0.05, 0) is 12.5 Å². The summed E-state index contributed by atoms with van der Waals surface area (Å²) < 4.78 is 17.0. The lowest BCUT2D eigenvalue weighted by atomic mass is 10.0. The Hall–Kier alpha value is -1.29. The van der Waals surface area contributed by atoms with Gasteiger partial charge in [-0.15, -0.1) is 0 Å². The minimum atomic E-state index is -0.502. The molecule has 78 valence electrons. The number of rotatable bonds is 4. The molecule has 0 spiro atoms. The maximum absolute atomic E-state index is 12.1. The van der Waals surface area contributed by atoms with Gasteiger partial charge in [0.1, 0.15) is 0 Å². The number of benzene rings is 1. The van der Waals surface area contributed by atoms with Crippen LogP contribution in [-0.4, -0.2) is 18.9 Å². The van der Waals surface area contributed by atoms with E-state index in [-0.39, 0.29) is 12.2 Å². The second-order valence-electron chi connectivity index (χ2n) is 2.98. The van der Waals surface area contributed by atoms with E-state index in [1.54, 1.807) is 18.2 Å². The lowest BCUT2D eigenvalue weighted by molar-refractivity contribution is 0.365. The summed E-state index contributed by atoms with van der Waals surface area (Å²) in [4.78, 5) is 0. The van der Waals surface area contributed by atoms with E-state index < -0.39 is 12.7 Å². The van der Waals surface area contributed by atoms with Crippen molar-refractivity contribution in [2.24, 2.45) is 5.73 Å². The van der Waals surface area contributed by atoms with E-state index in [0.29, 0.717) is 11.3 Å². The molecule has 4 heteroatoms. The van der Waals surface area contributed by atoms with Gasteiger partial charge in [0.15, 0.2) is 11.5 Å². The molecule has 3 N–H and O–H groups in total. The van der Waals surface area contributed by atoms with Gasteiger partial charge < -0.3 is 15.6 Å². The van der Waals surface area contributed by atoms with E-state index in [1.165, 1.54) is 7.11 Å². The average Bonchev–Trinajstić information content (AvgIpc) is 2.18. The van der Waals surface area contributed by atoms with Crippen molar-refractivity contribution in [1.82, 2.24) is 0 Å². The topological polar surface area (TPSA) is 55.5 Å². The monoisotopic (exact) mass is 199 g/mol. The van der Waals surface area contributed by atoms with Crippen molar-refractivity contribution in [3.8, 4) is 11.5 Å². The second kappa shape index (κ2) is 4.81. The van der Waals surface area contributed by atoms with Crippen LogP contribution >= 0.6 is 0 Å². The van der Waals surface area contributed by atoms with Crippen LogP contribution in [0.3, 0.4) is 0 Å². The second-order valence-corrected chi connectivity index (χ2v) is 2.98. The summed E-state index contributed by atoms with van der Waals surface area (Å²) in [5, 5.41) is 9.66. The summed E-state index contributed by atoms with van der Waals surface area (Å²) in [6.07, 6.45) is 0.195. The number of hydrogen-bond donors (Lipinski definition) is 2. The summed E-state index contributed by atoms with van der Waals surface area (Å²) in [7, 11) is 1.46. The number of aromatic hydroxyl groups is 1. The molecule has 0 aliphatic rings. The highest BCUT2D eigenvalue weighted by atomic mass is 19.1. The van der Waals surface area contributed by atoms with Crippen molar-refractivity contribution in [2.75, 3.05) is 13.8 Å². The van der Waals surface area contributed by atoms with Gasteiger partial charge >= 0.3 is 0 Å². The number of ether oxygens (including phenoxy) is 1. The molecule has 1 aromatic rings. The molecule has 3 nitrogen and oxygen atoms in total. The first-order valence-corrected chi connectivity index (χ1v) is 4.38. The van der Waals surface area contributed by atoms with Crippen molar-refractivity contribution in [2.45, 2.75) is 12.5 Å². The fraction of sp³-hybridized carbons (Fsp3) is 0.400. The van der Waals surface area contributed by atoms with Gasteiger partial charge in [-0.25, -0.2) is 0 Å². The molecular formula is C10H14FNO2. The number of phenolic OH excluding ortho intramolecular Hbond substituents is 1. The van der Waals surface area contributed by atoms with Crippen LogP contribution in [0.1, 0.15) is 18.0 Å². The van der Waals surface area contributed by atoms with Crippen LogP contribution in [0.4, 0.5) is 4.39 Å². The highest BCUT2D eigenvalue weighted by molar-refractivity contribution is 5.46. The van der Waals surface area contributed by atoms with Crippen LogP contribution in [0.25, 0.3) is 0 Å². The lowest BCUT2D eigenvalue weighted by Crippen LogP contribution is -2.11. The smallest absolute Gasteiger partial charge is 0.162 e. The summed E-state index contributed by atoms with van der Waals surface area (Å²) >= 11 is 0. The number of phenols is 1. The minimum absolute atomic E-state index is 0.00375. The van der Waals surface area contributed by atoms with Crippen LogP contribution in [-0.2, 0) is 0 Å². The van der Waals surface area contributed by atoms with Gasteiger partial charge in [0.2, 0.25) is 0 Å². The Kier molecular flexibility index (Phi) is 3.71. The Labute approximate surface area is 82.3 Å². The number of nitrogens with two attached hydrogens (primary N) is 1. The molecule has 0 aliphatic heterocycles. The molecule has 0 saturated heterocycles. The van der Waals surface area contributed by atoms with Gasteiger partial charge in [-0.3, -0.25) is 4.39 Å². The zero-order valence-electron chi connectivity index (χ0n) is 8.03. The zero-order chi connectivity index (χ0) is 10.6.